The van der Waals surface area contributed by atoms with Crippen LogP contribution >= 0.6 is 11.3 Å². The summed E-state index contributed by atoms with van der Waals surface area (Å²) >= 11 is 1.60. The van der Waals surface area contributed by atoms with Crippen LogP contribution in [0.4, 0.5) is 5.95 Å². The summed E-state index contributed by atoms with van der Waals surface area (Å²) in [4.78, 5) is 9.37. The van der Waals surface area contributed by atoms with E-state index in [2.05, 4.69) is 15.4 Å². The molecule has 0 atom stereocenters. The van der Waals surface area contributed by atoms with E-state index in [-0.39, 0.29) is 5.75 Å². The van der Waals surface area contributed by atoms with Crippen molar-refractivity contribution >= 4 is 37.5 Å². The van der Waals surface area contributed by atoms with E-state index in [0.717, 1.165) is 34.3 Å². The van der Waals surface area contributed by atoms with Crippen molar-refractivity contribution in [1.29, 1.82) is 0 Å². The average molecular weight is 434 g/mol. The first kappa shape index (κ1) is 18.9. The Morgan fingerprint density at radius 3 is 2.83 bits per heavy atom. The third-order valence-electron chi connectivity index (χ3n) is 5.64. The Labute approximate surface area is 173 Å². The van der Waals surface area contributed by atoms with Gasteiger partial charge >= 0.3 is 0 Å². The molecule has 2 fully saturated rings. The monoisotopic (exact) mass is 433 g/mol. The van der Waals surface area contributed by atoms with Crippen molar-refractivity contribution in [3.8, 4) is 11.3 Å². The summed E-state index contributed by atoms with van der Waals surface area (Å²) in [5.74, 6) is 0.727. The topological polar surface area (TPSA) is 119 Å². The number of nitrogens with zero attached hydrogens (tertiary/aromatic N) is 5. The molecule has 1 aliphatic carbocycles. The molecule has 3 aromatic heterocycles. The molecule has 1 saturated carbocycles. The third kappa shape index (κ3) is 3.21. The lowest BCUT2D eigenvalue weighted by molar-refractivity contribution is 0.0759. The number of hydrogen-bond donors (Lipinski definition) is 2. The molecule has 5 rings (SSSR count). The van der Waals surface area contributed by atoms with Gasteiger partial charge in [-0.05, 0) is 31.2 Å². The van der Waals surface area contributed by atoms with Crippen LogP contribution in [0, 0.1) is 0 Å². The van der Waals surface area contributed by atoms with E-state index in [4.69, 9.17) is 10.7 Å². The van der Waals surface area contributed by atoms with Crippen molar-refractivity contribution in [2.45, 2.75) is 31.3 Å². The number of nitrogens with one attached hydrogen (secondary N) is 1. The van der Waals surface area contributed by atoms with Crippen LogP contribution in [0.15, 0.2) is 23.8 Å². The first-order valence-electron chi connectivity index (χ1n) is 9.69. The molecule has 2 aliphatic rings. The highest BCUT2D eigenvalue weighted by Gasteiger charge is 2.48. The summed E-state index contributed by atoms with van der Waals surface area (Å²) in [6.07, 6.45) is 5.99. The number of fused-ring (bicyclic) bond motifs is 1. The molecule has 0 spiro atoms. The molecule has 29 heavy (non-hydrogen) atoms. The third-order valence-corrected chi connectivity index (χ3v) is 8.32. The Balaban J connectivity index is 1.48. The molecule has 4 heterocycles. The molecule has 3 N–H and O–H groups in total. The van der Waals surface area contributed by atoms with E-state index < -0.39 is 15.6 Å². The largest absolute Gasteiger partial charge is 0.351 e. The van der Waals surface area contributed by atoms with Gasteiger partial charge in [0.15, 0.2) is 0 Å². The van der Waals surface area contributed by atoms with Gasteiger partial charge in [-0.25, -0.2) is 18.4 Å². The van der Waals surface area contributed by atoms with Crippen molar-refractivity contribution in [1.82, 2.24) is 24.1 Å². The average Bonchev–Trinajstić information content (AvgIpc) is 3.16. The van der Waals surface area contributed by atoms with Crippen molar-refractivity contribution in [2.24, 2.45) is 5.73 Å². The van der Waals surface area contributed by atoms with Crippen molar-refractivity contribution in [2.75, 3.05) is 30.7 Å². The maximum atomic E-state index is 12.1. The Kier molecular flexibility index (Phi) is 4.39. The lowest BCUT2D eigenvalue weighted by Gasteiger charge is -2.48. The summed E-state index contributed by atoms with van der Waals surface area (Å²) in [6, 6.07) is 2.46. The van der Waals surface area contributed by atoms with Gasteiger partial charge in [0.05, 0.1) is 27.9 Å². The van der Waals surface area contributed by atoms with E-state index in [1.165, 1.54) is 4.31 Å². The fraction of sp³-hybridized carbons (Fsp3) is 0.500. The number of aromatic nitrogens is 4. The maximum absolute atomic E-state index is 12.1. The van der Waals surface area contributed by atoms with Crippen LogP contribution in [0.25, 0.3) is 21.5 Å². The molecule has 154 valence electrons. The maximum Gasteiger partial charge on any atom is 0.224 e. The fourth-order valence-corrected chi connectivity index (χ4v) is 5.68. The predicted molar refractivity (Wildman–Crippen MR) is 113 cm³/mol. The highest BCUT2D eigenvalue weighted by Crippen LogP contribution is 2.35. The van der Waals surface area contributed by atoms with Crippen molar-refractivity contribution in [3.63, 3.8) is 0 Å². The van der Waals surface area contributed by atoms with Gasteiger partial charge in [0.1, 0.15) is 5.54 Å². The number of sulfonamides is 1. The molecule has 0 aromatic carbocycles. The van der Waals surface area contributed by atoms with Crippen LogP contribution in [0.2, 0.25) is 0 Å². The molecule has 3 aromatic rings. The predicted octanol–water partition coefficient (Wildman–Crippen LogP) is 1.45. The lowest BCUT2D eigenvalue weighted by atomic mass is 9.93. The first-order valence-corrected chi connectivity index (χ1v) is 12.2. The van der Waals surface area contributed by atoms with Crippen LogP contribution in [0.1, 0.15) is 19.8 Å². The van der Waals surface area contributed by atoms with Crippen molar-refractivity contribution < 1.29 is 8.42 Å². The number of hydrogen-bond acceptors (Lipinski definition) is 8. The number of anilines is 1. The molecule has 0 bridgehead atoms. The van der Waals surface area contributed by atoms with Crippen LogP contribution in [-0.4, -0.2) is 63.9 Å². The van der Waals surface area contributed by atoms with Gasteiger partial charge in [0.25, 0.3) is 0 Å². The summed E-state index contributed by atoms with van der Waals surface area (Å²) < 4.78 is 28.5. The van der Waals surface area contributed by atoms with E-state index in [1.54, 1.807) is 29.1 Å². The fourth-order valence-electron chi connectivity index (χ4n) is 3.60. The van der Waals surface area contributed by atoms with Gasteiger partial charge in [0, 0.05) is 37.4 Å². The highest BCUT2D eigenvalue weighted by molar-refractivity contribution is 7.89. The summed E-state index contributed by atoms with van der Waals surface area (Å²) in [6.45, 7) is 2.65. The molecule has 1 aliphatic heterocycles. The minimum Gasteiger partial charge on any atom is -0.351 e. The molecular weight excluding hydrogens is 410 g/mol. The summed E-state index contributed by atoms with van der Waals surface area (Å²) in [5.41, 5.74) is 8.15. The SMILES string of the molecule is CCS(=O)(=O)N1CC(CN)(n2cc(-c3nc(NC4CC4)nc4ccsc34)cn2)C1. The van der Waals surface area contributed by atoms with Crippen LogP contribution in [0.3, 0.4) is 0 Å². The van der Waals surface area contributed by atoms with E-state index in [0.29, 0.717) is 31.6 Å². The Bertz CT molecular complexity index is 1160. The van der Waals surface area contributed by atoms with Crippen LogP contribution < -0.4 is 11.1 Å². The van der Waals surface area contributed by atoms with E-state index in [1.807, 2.05) is 17.6 Å². The molecule has 0 unspecified atom stereocenters. The quantitative estimate of drug-likeness (QED) is 0.579. The minimum atomic E-state index is -3.22. The molecule has 11 heteroatoms. The van der Waals surface area contributed by atoms with Gasteiger partial charge < -0.3 is 11.1 Å². The summed E-state index contributed by atoms with van der Waals surface area (Å²) in [7, 11) is -3.22. The number of nitrogens with two attached hydrogens (primary N) is 1. The molecule has 0 amide bonds. The van der Waals surface area contributed by atoms with Gasteiger partial charge in [-0.2, -0.15) is 9.40 Å². The van der Waals surface area contributed by atoms with Gasteiger partial charge in [-0.15, -0.1) is 11.3 Å². The zero-order chi connectivity index (χ0) is 20.2. The zero-order valence-corrected chi connectivity index (χ0v) is 17.7. The minimum absolute atomic E-state index is 0.0894. The Morgan fingerprint density at radius 1 is 1.34 bits per heavy atom. The molecular formula is C18H23N7O2S2. The molecule has 9 nitrogen and oxygen atoms in total. The second-order valence-corrected chi connectivity index (χ2v) is 10.9. The Hall–Kier alpha value is -2.08. The van der Waals surface area contributed by atoms with Gasteiger partial charge in [0.2, 0.25) is 16.0 Å². The highest BCUT2D eigenvalue weighted by atomic mass is 32.2. The summed E-state index contributed by atoms with van der Waals surface area (Å²) in [5, 5.41) is 9.91. The smallest absolute Gasteiger partial charge is 0.224 e. The second kappa shape index (κ2) is 6.73. The normalized spacial score (nSPS) is 19.4. The Morgan fingerprint density at radius 2 is 2.14 bits per heavy atom. The molecule has 0 radical (unpaired) electrons. The van der Waals surface area contributed by atoms with Crippen molar-refractivity contribution in [3.05, 3.63) is 23.8 Å². The standard InChI is InChI=1S/C18H23N7O2S2/c1-2-29(26,27)24-10-18(9-19,11-24)25-8-12(7-20-25)15-16-14(5-6-28-16)22-17(23-15)21-13-3-4-13/h5-8,13H,2-4,9-11,19H2,1H3,(H,21,22,23). The van der Waals surface area contributed by atoms with Gasteiger partial charge in [-0.1, -0.05) is 0 Å². The zero-order valence-electron chi connectivity index (χ0n) is 16.1. The number of thiophene rings is 1. The first-order chi connectivity index (χ1) is 13.9. The van der Waals surface area contributed by atoms with E-state index >= 15 is 0 Å². The van der Waals surface area contributed by atoms with Crippen LogP contribution in [-0.2, 0) is 15.6 Å². The second-order valence-electron chi connectivity index (χ2n) is 7.72. The molecule has 1 saturated heterocycles. The number of rotatable bonds is 7. The van der Waals surface area contributed by atoms with E-state index in [9.17, 15) is 8.42 Å². The van der Waals surface area contributed by atoms with Crippen LogP contribution in [0.5, 0.6) is 0 Å². The lowest BCUT2D eigenvalue weighted by Crippen LogP contribution is -2.67. The van der Waals surface area contributed by atoms with Gasteiger partial charge in [-0.3, -0.25) is 4.68 Å².